The van der Waals surface area contributed by atoms with Crippen LogP contribution in [0.25, 0.3) is 0 Å². The Hall–Kier alpha value is -0.0800. The van der Waals surface area contributed by atoms with E-state index in [1.165, 1.54) is 19.3 Å². The van der Waals surface area contributed by atoms with E-state index in [-0.39, 0.29) is 0 Å². The van der Waals surface area contributed by atoms with E-state index in [1.807, 2.05) is 0 Å². The molecule has 0 spiro atoms. The fourth-order valence-corrected chi connectivity index (χ4v) is 2.15. The monoisotopic (exact) mass is 229 g/mol. The van der Waals surface area contributed by atoms with Gasteiger partial charge >= 0.3 is 0 Å². The van der Waals surface area contributed by atoms with E-state index in [0.717, 1.165) is 38.5 Å². The maximum absolute atomic E-state index is 5.59. The van der Waals surface area contributed by atoms with Crippen molar-refractivity contribution in [2.24, 2.45) is 5.92 Å². The lowest BCUT2D eigenvalue weighted by Gasteiger charge is -2.26. The molecule has 0 bridgehead atoms. The molecule has 0 aromatic heterocycles. The first-order valence-electron chi connectivity index (χ1n) is 7.11. The molecule has 16 heavy (non-hydrogen) atoms. The quantitative estimate of drug-likeness (QED) is 0.547. The number of hydrogen-bond acceptors (Lipinski definition) is 2. The Morgan fingerprint density at radius 2 is 1.62 bits per heavy atom. The third-order valence-electron chi connectivity index (χ3n) is 3.20. The van der Waals surface area contributed by atoms with Crippen molar-refractivity contribution < 1.29 is 4.74 Å². The third kappa shape index (κ3) is 7.24. The van der Waals surface area contributed by atoms with Gasteiger partial charge in [0.1, 0.15) is 0 Å². The van der Waals surface area contributed by atoms with Crippen molar-refractivity contribution in [3.63, 3.8) is 0 Å². The van der Waals surface area contributed by atoms with Crippen LogP contribution in [0.3, 0.4) is 0 Å². The Balaban J connectivity index is 3.88. The first-order chi connectivity index (χ1) is 7.79. The molecule has 1 unspecified atom stereocenters. The SMILES string of the molecule is CCCNC(CCOCCC)C(CC)CC. The minimum atomic E-state index is 0.645. The minimum absolute atomic E-state index is 0.645. The molecule has 0 heterocycles. The van der Waals surface area contributed by atoms with Gasteiger partial charge in [-0.3, -0.25) is 0 Å². The fourth-order valence-electron chi connectivity index (χ4n) is 2.15. The Bertz CT molecular complexity index is 135. The van der Waals surface area contributed by atoms with Crippen LogP contribution >= 0.6 is 0 Å². The fraction of sp³-hybridized carbons (Fsp3) is 1.00. The van der Waals surface area contributed by atoms with Crippen LogP contribution in [-0.4, -0.2) is 25.8 Å². The third-order valence-corrected chi connectivity index (χ3v) is 3.20. The number of ether oxygens (including phenoxy) is 1. The van der Waals surface area contributed by atoms with Gasteiger partial charge in [-0.25, -0.2) is 0 Å². The topological polar surface area (TPSA) is 21.3 Å². The Morgan fingerprint density at radius 1 is 0.938 bits per heavy atom. The van der Waals surface area contributed by atoms with Gasteiger partial charge < -0.3 is 10.1 Å². The molecule has 0 fully saturated rings. The highest BCUT2D eigenvalue weighted by Crippen LogP contribution is 2.16. The van der Waals surface area contributed by atoms with Gasteiger partial charge in [0.05, 0.1) is 0 Å². The van der Waals surface area contributed by atoms with Crippen molar-refractivity contribution in [1.29, 1.82) is 0 Å². The largest absolute Gasteiger partial charge is 0.381 e. The molecule has 98 valence electrons. The van der Waals surface area contributed by atoms with E-state index in [2.05, 4.69) is 33.0 Å². The molecule has 2 heteroatoms. The summed E-state index contributed by atoms with van der Waals surface area (Å²) >= 11 is 0. The van der Waals surface area contributed by atoms with E-state index in [1.54, 1.807) is 0 Å². The molecular formula is C14H31NO. The first kappa shape index (κ1) is 15.9. The Morgan fingerprint density at radius 3 is 2.12 bits per heavy atom. The van der Waals surface area contributed by atoms with Gasteiger partial charge in [0.15, 0.2) is 0 Å². The van der Waals surface area contributed by atoms with Gasteiger partial charge in [-0.2, -0.15) is 0 Å². The predicted molar refractivity (Wildman–Crippen MR) is 71.9 cm³/mol. The van der Waals surface area contributed by atoms with Crippen LogP contribution in [0.5, 0.6) is 0 Å². The lowest BCUT2D eigenvalue weighted by atomic mass is 9.92. The van der Waals surface area contributed by atoms with Crippen molar-refractivity contribution in [3.05, 3.63) is 0 Å². The van der Waals surface area contributed by atoms with Crippen LogP contribution in [0.1, 0.15) is 59.8 Å². The zero-order chi connectivity index (χ0) is 12.2. The summed E-state index contributed by atoms with van der Waals surface area (Å²) in [6.45, 7) is 11.9. The summed E-state index contributed by atoms with van der Waals surface area (Å²) in [6.07, 6.45) is 6.04. The molecule has 0 aliphatic heterocycles. The van der Waals surface area contributed by atoms with Gasteiger partial charge in [0, 0.05) is 19.3 Å². The highest BCUT2D eigenvalue weighted by molar-refractivity contribution is 4.74. The second kappa shape index (κ2) is 11.4. The normalized spacial score (nSPS) is 13.3. The van der Waals surface area contributed by atoms with Crippen molar-refractivity contribution in [2.75, 3.05) is 19.8 Å². The summed E-state index contributed by atoms with van der Waals surface area (Å²) in [6, 6.07) is 0.645. The summed E-state index contributed by atoms with van der Waals surface area (Å²) in [7, 11) is 0. The van der Waals surface area contributed by atoms with Crippen LogP contribution in [0.4, 0.5) is 0 Å². The van der Waals surface area contributed by atoms with Gasteiger partial charge in [-0.05, 0) is 31.7 Å². The molecule has 0 aliphatic carbocycles. The van der Waals surface area contributed by atoms with Gasteiger partial charge in [-0.15, -0.1) is 0 Å². The van der Waals surface area contributed by atoms with Gasteiger partial charge in [0.25, 0.3) is 0 Å². The van der Waals surface area contributed by atoms with Crippen LogP contribution in [0.15, 0.2) is 0 Å². The maximum Gasteiger partial charge on any atom is 0.0480 e. The van der Waals surface area contributed by atoms with Crippen molar-refractivity contribution in [2.45, 2.75) is 65.8 Å². The van der Waals surface area contributed by atoms with E-state index >= 15 is 0 Å². The summed E-state index contributed by atoms with van der Waals surface area (Å²) in [5.74, 6) is 0.803. The molecule has 2 nitrogen and oxygen atoms in total. The zero-order valence-corrected chi connectivity index (χ0v) is 11.7. The first-order valence-corrected chi connectivity index (χ1v) is 7.11. The number of rotatable bonds is 11. The molecule has 0 aromatic rings. The lowest BCUT2D eigenvalue weighted by molar-refractivity contribution is 0.116. The average Bonchev–Trinajstić information content (AvgIpc) is 2.31. The molecule has 0 aromatic carbocycles. The van der Waals surface area contributed by atoms with Gasteiger partial charge in [0.2, 0.25) is 0 Å². The minimum Gasteiger partial charge on any atom is -0.381 e. The predicted octanol–water partition coefficient (Wildman–Crippen LogP) is 3.61. The van der Waals surface area contributed by atoms with E-state index in [9.17, 15) is 0 Å². The summed E-state index contributed by atoms with van der Waals surface area (Å²) < 4.78 is 5.59. The number of nitrogens with one attached hydrogen (secondary N) is 1. The molecule has 0 amide bonds. The number of hydrogen-bond donors (Lipinski definition) is 1. The molecule has 1 atom stereocenters. The van der Waals surface area contributed by atoms with E-state index in [0.29, 0.717) is 6.04 Å². The van der Waals surface area contributed by atoms with Crippen molar-refractivity contribution in [1.82, 2.24) is 5.32 Å². The highest BCUT2D eigenvalue weighted by Gasteiger charge is 2.17. The zero-order valence-electron chi connectivity index (χ0n) is 11.7. The average molecular weight is 229 g/mol. The molecule has 0 aliphatic rings. The summed E-state index contributed by atoms with van der Waals surface area (Å²) in [5, 5.41) is 3.67. The van der Waals surface area contributed by atoms with Crippen molar-refractivity contribution >= 4 is 0 Å². The second-order valence-electron chi connectivity index (χ2n) is 4.54. The van der Waals surface area contributed by atoms with Gasteiger partial charge in [-0.1, -0.05) is 40.5 Å². The van der Waals surface area contributed by atoms with E-state index in [4.69, 9.17) is 4.74 Å². The molecular weight excluding hydrogens is 198 g/mol. The molecule has 1 N–H and O–H groups in total. The lowest BCUT2D eigenvalue weighted by Crippen LogP contribution is -2.37. The summed E-state index contributed by atoms with van der Waals surface area (Å²) in [5.41, 5.74) is 0. The highest BCUT2D eigenvalue weighted by atomic mass is 16.5. The summed E-state index contributed by atoms with van der Waals surface area (Å²) in [4.78, 5) is 0. The Kier molecular flexibility index (Phi) is 11.3. The van der Waals surface area contributed by atoms with Crippen LogP contribution in [0.2, 0.25) is 0 Å². The molecule has 0 saturated heterocycles. The molecule has 0 saturated carbocycles. The maximum atomic E-state index is 5.59. The van der Waals surface area contributed by atoms with Crippen molar-refractivity contribution in [3.8, 4) is 0 Å². The second-order valence-corrected chi connectivity index (χ2v) is 4.54. The standard InChI is InChI=1S/C14H31NO/c1-5-10-15-14(13(7-3)8-4)9-12-16-11-6-2/h13-15H,5-12H2,1-4H3. The Labute approximate surface area is 102 Å². The van der Waals surface area contributed by atoms with Crippen LogP contribution in [-0.2, 0) is 4.74 Å². The smallest absolute Gasteiger partial charge is 0.0480 e. The molecule has 0 rings (SSSR count). The van der Waals surface area contributed by atoms with E-state index < -0.39 is 0 Å². The van der Waals surface area contributed by atoms with Crippen LogP contribution < -0.4 is 5.32 Å². The van der Waals surface area contributed by atoms with Crippen LogP contribution in [0, 0.1) is 5.92 Å². The molecule has 0 radical (unpaired) electrons.